The van der Waals surface area contributed by atoms with Crippen molar-refractivity contribution in [1.29, 1.82) is 0 Å². The van der Waals surface area contributed by atoms with Crippen molar-refractivity contribution in [3.8, 4) is 5.88 Å². The Balaban J connectivity index is 1.63. The van der Waals surface area contributed by atoms with Gasteiger partial charge in [0.25, 0.3) is 0 Å². The van der Waals surface area contributed by atoms with E-state index in [0.717, 1.165) is 18.3 Å². The second-order valence-corrected chi connectivity index (χ2v) is 5.43. The Morgan fingerprint density at radius 3 is 3.11 bits per heavy atom. The highest BCUT2D eigenvalue weighted by atomic mass is 32.1. The first-order chi connectivity index (χ1) is 8.75. The van der Waals surface area contributed by atoms with E-state index in [4.69, 9.17) is 4.74 Å². The molecule has 2 rings (SSSR count). The normalized spacial score (nSPS) is 12.6. The summed E-state index contributed by atoms with van der Waals surface area (Å²) in [4.78, 5) is 1.30. The molecule has 1 unspecified atom stereocenters. The van der Waals surface area contributed by atoms with Gasteiger partial charge >= 0.3 is 0 Å². The van der Waals surface area contributed by atoms with E-state index in [1.54, 1.807) is 17.5 Å². The van der Waals surface area contributed by atoms with Gasteiger partial charge in [0.1, 0.15) is 18.9 Å². The zero-order valence-corrected chi connectivity index (χ0v) is 11.6. The molecule has 0 bridgehead atoms. The molecule has 0 amide bonds. The fourth-order valence-electron chi connectivity index (χ4n) is 1.40. The Bertz CT molecular complexity index is 459. The molecule has 2 aromatic heterocycles. The second kappa shape index (κ2) is 6.79. The van der Waals surface area contributed by atoms with Crippen LogP contribution in [0.25, 0.3) is 0 Å². The summed E-state index contributed by atoms with van der Waals surface area (Å²) >= 11 is 2.81. The first-order valence-electron chi connectivity index (χ1n) is 5.58. The maximum Gasteiger partial charge on any atom is 0.245 e. The van der Waals surface area contributed by atoms with Crippen LogP contribution in [0.15, 0.2) is 17.6 Å². The van der Waals surface area contributed by atoms with E-state index < -0.39 is 6.10 Å². The summed E-state index contributed by atoms with van der Waals surface area (Å²) in [5.41, 5.74) is 1.28. The molecular weight excluding hydrogens is 270 g/mol. The molecule has 2 N–H and O–H groups in total. The minimum absolute atomic E-state index is 0.224. The van der Waals surface area contributed by atoms with Gasteiger partial charge in [0.05, 0.1) is 11.7 Å². The first kappa shape index (κ1) is 13.4. The van der Waals surface area contributed by atoms with Crippen molar-refractivity contribution >= 4 is 23.1 Å². The lowest BCUT2D eigenvalue weighted by Gasteiger charge is -2.11. The van der Waals surface area contributed by atoms with E-state index in [-0.39, 0.29) is 6.61 Å². The van der Waals surface area contributed by atoms with E-state index >= 15 is 0 Å². The molecule has 2 heterocycles. The van der Waals surface area contributed by atoms with Crippen LogP contribution >= 0.6 is 23.1 Å². The summed E-state index contributed by atoms with van der Waals surface area (Å²) in [5.74, 6) is 0.466. The lowest BCUT2D eigenvalue weighted by Crippen LogP contribution is -2.31. The van der Waals surface area contributed by atoms with Gasteiger partial charge in [0.15, 0.2) is 0 Å². The van der Waals surface area contributed by atoms with E-state index in [1.807, 2.05) is 0 Å². The van der Waals surface area contributed by atoms with E-state index in [9.17, 15) is 5.11 Å². The third-order valence-electron chi connectivity index (χ3n) is 2.40. The molecule has 0 spiro atoms. The van der Waals surface area contributed by atoms with Gasteiger partial charge in [-0.2, -0.15) is 4.37 Å². The van der Waals surface area contributed by atoms with Crippen molar-refractivity contribution in [2.75, 3.05) is 13.2 Å². The molecule has 0 radical (unpaired) electrons. The van der Waals surface area contributed by atoms with Gasteiger partial charge in [0, 0.05) is 18.0 Å². The number of aromatic nitrogens is 2. The first-order valence-corrected chi connectivity index (χ1v) is 7.19. The summed E-state index contributed by atoms with van der Waals surface area (Å²) in [6, 6.07) is 2.09. The van der Waals surface area contributed by atoms with Gasteiger partial charge in [-0.05, 0) is 23.9 Å². The Hall–Kier alpha value is -1.02. The van der Waals surface area contributed by atoms with Crippen molar-refractivity contribution in [3.63, 3.8) is 0 Å². The molecule has 0 aliphatic heterocycles. The zero-order valence-electron chi connectivity index (χ0n) is 10.00. The van der Waals surface area contributed by atoms with Crippen LogP contribution in [-0.4, -0.2) is 33.1 Å². The highest BCUT2D eigenvalue weighted by Gasteiger charge is 2.07. The second-order valence-electron chi connectivity index (χ2n) is 3.87. The number of hydrogen-bond donors (Lipinski definition) is 2. The predicted molar refractivity (Wildman–Crippen MR) is 72.2 cm³/mol. The summed E-state index contributed by atoms with van der Waals surface area (Å²) in [6.45, 7) is 3.58. The molecule has 0 saturated carbocycles. The average Bonchev–Trinajstić information content (AvgIpc) is 2.99. The van der Waals surface area contributed by atoms with E-state index in [2.05, 4.69) is 32.4 Å². The molecule has 0 saturated heterocycles. The quantitative estimate of drug-likeness (QED) is 0.805. The zero-order chi connectivity index (χ0) is 12.8. The van der Waals surface area contributed by atoms with Crippen molar-refractivity contribution in [2.45, 2.75) is 19.6 Å². The number of hydrogen-bond acceptors (Lipinski definition) is 7. The van der Waals surface area contributed by atoms with Crippen LogP contribution in [0.2, 0.25) is 0 Å². The summed E-state index contributed by atoms with van der Waals surface area (Å²) in [7, 11) is 0. The van der Waals surface area contributed by atoms with Crippen molar-refractivity contribution in [3.05, 3.63) is 28.1 Å². The largest absolute Gasteiger partial charge is 0.473 e. The molecule has 7 heteroatoms. The predicted octanol–water partition coefficient (Wildman–Crippen LogP) is 1.44. The molecule has 1 atom stereocenters. The lowest BCUT2D eigenvalue weighted by molar-refractivity contribution is 0.104. The smallest absolute Gasteiger partial charge is 0.245 e. The Kier molecular flexibility index (Phi) is 5.06. The third kappa shape index (κ3) is 4.02. The number of ether oxygens (including phenoxy) is 1. The summed E-state index contributed by atoms with van der Waals surface area (Å²) in [6.07, 6.45) is 0.992. The van der Waals surface area contributed by atoms with Gasteiger partial charge < -0.3 is 15.2 Å². The maximum absolute atomic E-state index is 9.72. The van der Waals surface area contributed by atoms with Crippen LogP contribution in [0.1, 0.15) is 10.4 Å². The standard InChI is InChI=1S/C11H15N3O2S2/c1-8-2-3-17-10(8)5-12-4-9(15)7-16-11-6-13-18-14-11/h2-3,6,9,12,15H,4-5,7H2,1H3. The molecule has 18 heavy (non-hydrogen) atoms. The van der Waals surface area contributed by atoms with Crippen molar-refractivity contribution in [2.24, 2.45) is 0 Å². The Morgan fingerprint density at radius 2 is 2.44 bits per heavy atom. The molecule has 0 aliphatic rings. The van der Waals surface area contributed by atoms with E-state index in [1.165, 1.54) is 10.4 Å². The molecule has 5 nitrogen and oxygen atoms in total. The SMILES string of the molecule is Cc1ccsc1CNCC(O)COc1cnsn1. The number of thiophene rings is 1. The summed E-state index contributed by atoms with van der Waals surface area (Å²) in [5, 5.41) is 15.0. The molecule has 2 aromatic rings. The third-order valence-corrected chi connectivity index (χ3v) is 3.88. The lowest BCUT2D eigenvalue weighted by atomic mass is 10.3. The van der Waals surface area contributed by atoms with Crippen LogP contribution in [0, 0.1) is 6.92 Å². The monoisotopic (exact) mass is 285 g/mol. The van der Waals surface area contributed by atoms with Gasteiger partial charge in [-0.3, -0.25) is 0 Å². The van der Waals surface area contributed by atoms with Gasteiger partial charge in [0.2, 0.25) is 5.88 Å². The highest BCUT2D eigenvalue weighted by Crippen LogP contribution is 2.14. The molecule has 0 aromatic carbocycles. The number of aliphatic hydroxyl groups is 1. The number of rotatable bonds is 7. The van der Waals surface area contributed by atoms with Crippen LogP contribution in [0.4, 0.5) is 0 Å². The van der Waals surface area contributed by atoms with Crippen LogP contribution < -0.4 is 10.1 Å². The minimum Gasteiger partial charge on any atom is -0.473 e. The van der Waals surface area contributed by atoms with Crippen LogP contribution in [0.5, 0.6) is 5.88 Å². The molecule has 0 aliphatic carbocycles. The number of aliphatic hydroxyl groups excluding tert-OH is 1. The topological polar surface area (TPSA) is 67.3 Å². The summed E-state index contributed by atoms with van der Waals surface area (Å²) < 4.78 is 13.0. The number of aryl methyl sites for hydroxylation is 1. The van der Waals surface area contributed by atoms with Crippen LogP contribution in [-0.2, 0) is 6.54 Å². The fraction of sp³-hybridized carbons (Fsp3) is 0.455. The Labute approximate surface area is 114 Å². The fourth-order valence-corrected chi connectivity index (χ4v) is 2.64. The molecular formula is C11H15N3O2S2. The molecule has 98 valence electrons. The van der Waals surface area contributed by atoms with Gasteiger partial charge in [-0.25, -0.2) is 0 Å². The van der Waals surface area contributed by atoms with Gasteiger partial charge in [-0.1, -0.05) is 0 Å². The maximum atomic E-state index is 9.72. The number of nitrogens with zero attached hydrogens (tertiary/aromatic N) is 2. The van der Waals surface area contributed by atoms with Gasteiger partial charge in [-0.15, -0.1) is 15.7 Å². The average molecular weight is 285 g/mol. The van der Waals surface area contributed by atoms with E-state index in [0.29, 0.717) is 12.4 Å². The molecule has 0 fully saturated rings. The van der Waals surface area contributed by atoms with Crippen molar-refractivity contribution < 1.29 is 9.84 Å². The highest BCUT2D eigenvalue weighted by molar-refractivity contribution is 7.10. The minimum atomic E-state index is -0.549. The Morgan fingerprint density at radius 1 is 1.56 bits per heavy atom. The number of nitrogens with one attached hydrogen (secondary N) is 1. The van der Waals surface area contributed by atoms with Crippen molar-refractivity contribution in [1.82, 2.24) is 14.1 Å². The van der Waals surface area contributed by atoms with Crippen LogP contribution in [0.3, 0.4) is 0 Å².